The summed E-state index contributed by atoms with van der Waals surface area (Å²) in [4.78, 5) is 11.1. The van der Waals surface area contributed by atoms with E-state index >= 15 is 0 Å². The molecule has 0 bridgehead atoms. The highest BCUT2D eigenvalue weighted by Crippen LogP contribution is 2.69. The smallest absolute Gasteiger partial charge is 0.303 e. The number of rotatable bonds is 5. The van der Waals surface area contributed by atoms with Crippen LogP contribution in [0.2, 0.25) is 0 Å². The van der Waals surface area contributed by atoms with Crippen molar-refractivity contribution in [2.75, 3.05) is 0 Å². The predicted octanol–water partition coefficient (Wildman–Crippen LogP) is 5.11. The molecule has 4 rings (SSSR count). The molecule has 30 heavy (non-hydrogen) atoms. The molecule has 0 aromatic carbocycles. The molecule has 0 amide bonds. The summed E-state index contributed by atoms with van der Waals surface area (Å²) < 4.78 is 0. The second kappa shape index (κ2) is 8.06. The van der Waals surface area contributed by atoms with Gasteiger partial charge in [0.1, 0.15) is 0 Å². The minimum absolute atomic E-state index is 0.198. The van der Waals surface area contributed by atoms with E-state index in [9.17, 15) is 15.0 Å². The standard InChI is InChI=1S/C26H44O4/c1-5-16-12-18(27)13-17-14-22(28)24-20-8-7-19(15(2)6-9-23(29)30)25(20,3)11-10-21(24)26(16,17)4/h15-22,24,27-28H,5-14H2,1-4H3,(H,29,30)/t15-,16?,17?,18-,19-,20+,21+,22-,24+,25-,26+/m1/s1. The van der Waals surface area contributed by atoms with E-state index in [1.807, 2.05) is 0 Å². The van der Waals surface area contributed by atoms with Crippen molar-refractivity contribution in [3.8, 4) is 0 Å². The van der Waals surface area contributed by atoms with Crippen LogP contribution in [0, 0.1) is 52.3 Å². The minimum Gasteiger partial charge on any atom is -0.481 e. The van der Waals surface area contributed by atoms with Crippen LogP contribution in [0.3, 0.4) is 0 Å². The molecule has 3 N–H and O–H groups in total. The highest BCUT2D eigenvalue weighted by Gasteiger charge is 2.64. The fraction of sp³-hybridized carbons (Fsp3) is 0.962. The highest BCUT2D eigenvalue weighted by atomic mass is 16.4. The van der Waals surface area contributed by atoms with Gasteiger partial charge < -0.3 is 15.3 Å². The van der Waals surface area contributed by atoms with Crippen LogP contribution in [0.15, 0.2) is 0 Å². The number of aliphatic hydroxyl groups is 2. The molecule has 4 saturated carbocycles. The summed E-state index contributed by atoms with van der Waals surface area (Å²) in [6.07, 6.45) is 9.17. The molecule has 4 nitrogen and oxygen atoms in total. The number of carboxylic acids is 1. The van der Waals surface area contributed by atoms with Gasteiger partial charge in [0.05, 0.1) is 12.2 Å². The molecular formula is C26H44O4. The topological polar surface area (TPSA) is 77.8 Å². The van der Waals surface area contributed by atoms with Crippen molar-refractivity contribution in [3.63, 3.8) is 0 Å². The van der Waals surface area contributed by atoms with E-state index in [2.05, 4.69) is 27.7 Å². The molecule has 0 radical (unpaired) electrons. The third kappa shape index (κ3) is 3.36. The van der Waals surface area contributed by atoms with Crippen LogP contribution in [0.5, 0.6) is 0 Å². The third-order valence-corrected chi connectivity index (χ3v) is 11.0. The number of hydrogen-bond acceptors (Lipinski definition) is 3. The molecule has 0 heterocycles. The van der Waals surface area contributed by atoms with Gasteiger partial charge in [0.25, 0.3) is 0 Å². The van der Waals surface area contributed by atoms with Gasteiger partial charge in [-0.1, -0.05) is 34.1 Å². The molecule has 4 fully saturated rings. The average Bonchev–Trinajstić information content (AvgIpc) is 3.04. The quantitative estimate of drug-likeness (QED) is 0.577. The Bertz CT molecular complexity index is 649. The van der Waals surface area contributed by atoms with Gasteiger partial charge in [-0.15, -0.1) is 0 Å². The van der Waals surface area contributed by atoms with Crippen LogP contribution in [-0.2, 0) is 4.79 Å². The molecule has 0 aliphatic heterocycles. The zero-order chi connectivity index (χ0) is 21.8. The van der Waals surface area contributed by atoms with E-state index in [1.54, 1.807) is 0 Å². The van der Waals surface area contributed by atoms with Crippen LogP contribution in [-0.4, -0.2) is 33.5 Å². The zero-order valence-corrected chi connectivity index (χ0v) is 19.5. The molecule has 4 aliphatic carbocycles. The Hall–Kier alpha value is -0.610. The average molecular weight is 421 g/mol. The monoisotopic (exact) mass is 420 g/mol. The van der Waals surface area contributed by atoms with Crippen molar-refractivity contribution in [3.05, 3.63) is 0 Å². The van der Waals surface area contributed by atoms with Gasteiger partial charge in [-0.2, -0.15) is 0 Å². The lowest BCUT2D eigenvalue weighted by atomic mass is 9.41. The summed E-state index contributed by atoms with van der Waals surface area (Å²) in [5.74, 6) is 2.84. The highest BCUT2D eigenvalue weighted by molar-refractivity contribution is 5.66. The number of fused-ring (bicyclic) bond motifs is 5. The molecule has 11 atom stereocenters. The summed E-state index contributed by atoms with van der Waals surface area (Å²) in [7, 11) is 0. The second-order valence-electron chi connectivity index (χ2n) is 12.0. The molecule has 4 heteroatoms. The van der Waals surface area contributed by atoms with Gasteiger partial charge in [-0.3, -0.25) is 4.79 Å². The maximum Gasteiger partial charge on any atom is 0.303 e. The fourth-order valence-corrected chi connectivity index (χ4v) is 9.59. The van der Waals surface area contributed by atoms with Gasteiger partial charge in [0.2, 0.25) is 0 Å². The lowest BCUT2D eigenvalue weighted by molar-refractivity contribution is -0.195. The van der Waals surface area contributed by atoms with Crippen molar-refractivity contribution in [2.45, 2.75) is 104 Å². The molecule has 0 spiro atoms. The zero-order valence-electron chi connectivity index (χ0n) is 19.5. The predicted molar refractivity (Wildman–Crippen MR) is 118 cm³/mol. The van der Waals surface area contributed by atoms with Crippen LogP contribution < -0.4 is 0 Å². The molecule has 0 saturated heterocycles. The van der Waals surface area contributed by atoms with Crippen molar-refractivity contribution < 1.29 is 20.1 Å². The van der Waals surface area contributed by atoms with Crippen LogP contribution in [0.1, 0.15) is 91.9 Å². The Labute approximate surface area is 182 Å². The van der Waals surface area contributed by atoms with Crippen LogP contribution >= 0.6 is 0 Å². The largest absolute Gasteiger partial charge is 0.481 e. The Balaban J connectivity index is 1.60. The van der Waals surface area contributed by atoms with Crippen LogP contribution in [0.25, 0.3) is 0 Å². The Morgan fingerprint density at radius 3 is 2.47 bits per heavy atom. The second-order valence-corrected chi connectivity index (χ2v) is 12.0. The first-order valence-corrected chi connectivity index (χ1v) is 12.7. The minimum atomic E-state index is -0.683. The lowest BCUT2D eigenvalue weighted by Crippen LogP contribution is -2.61. The maximum atomic E-state index is 11.4. The number of carbonyl (C=O) groups is 1. The van der Waals surface area contributed by atoms with Gasteiger partial charge in [-0.25, -0.2) is 0 Å². The van der Waals surface area contributed by atoms with E-state index in [4.69, 9.17) is 5.11 Å². The SMILES string of the molecule is CCC1C[C@@H](O)CC2C[C@@H](O)[C@@H]3[C@H](CC[C@]4(C)[C@@H]([C@H](C)CCC(=O)O)CC[C@@H]34)[C@@]12C. The van der Waals surface area contributed by atoms with E-state index in [-0.39, 0.29) is 29.5 Å². The third-order valence-electron chi connectivity index (χ3n) is 11.0. The van der Waals surface area contributed by atoms with Crippen molar-refractivity contribution in [1.82, 2.24) is 0 Å². The van der Waals surface area contributed by atoms with Crippen molar-refractivity contribution >= 4 is 5.97 Å². The Morgan fingerprint density at radius 2 is 1.80 bits per heavy atom. The van der Waals surface area contributed by atoms with Crippen molar-refractivity contribution in [1.29, 1.82) is 0 Å². The fourth-order valence-electron chi connectivity index (χ4n) is 9.59. The molecule has 2 unspecified atom stereocenters. The summed E-state index contributed by atoms with van der Waals surface area (Å²) in [6, 6.07) is 0. The normalized spacial score (nSPS) is 51.5. The van der Waals surface area contributed by atoms with Gasteiger partial charge in [0, 0.05) is 6.42 Å². The van der Waals surface area contributed by atoms with E-state index in [0.717, 1.165) is 32.1 Å². The van der Waals surface area contributed by atoms with Gasteiger partial charge in [0.15, 0.2) is 0 Å². The van der Waals surface area contributed by atoms with Gasteiger partial charge in [-0.05, 0) is 104 Å². The molecule has 4 aliphatic rings. The molecule has 172 valence electrons. The Morgan fingerprint density at radius 1 is 1.07 bits per heavy atom. The Kier molecular flexibility index (Phi) is 6.07. The molecule has 0 aromatic rings. The summed E-state index contributed by atoms with van der Waals surface area (Å²) in [5.41, 5.74) is 0.478. The van der Waals surface area contributed by atoms with Crippen molar-refractivity contribution in [2.24, 2.45) is 52.3 Å². The summed E-state index contributed by atoms with van der Waals surface area (Å²) >= 11 is 0. The summed E-state index contributed by atoms with van der Waals surface area (Å²) in [6.45, 7) is 9.52. The van der Waals surface area contributed by atoms with E-state index in [1.165, 1.54) is 25.7 Å². The molecular weight excluding hydrogens is 376 g/mol. The first-order chi connectivity index (χ1) is 14.1. The molecule has 0 aromatic heterocycles. The van der Waals surface area contributed by atoms with Gasteiger partial charge >= 0.3 is 5.97 Å². The number of aliphatic carboxylic acids is 1. The van der Waals surface area contributed by atoms with Crippen LogP contribution in [0.4, 0.5) is 0 Å². The van der Waals surface area contributed by atoms with E-state index < -0.39 is 5.97 Å². The first-order valence-electron chi connectivity index (χ1n) is 12.7. The first kappa shape index (κ1) is 22.6. The number of hydrogen-bond donors (Lipinski definition) is 3. The van der Waals surface area contributed by atoms with E-state index in [0.29, 0.717) is 41.4 Å². The number of aliphatic hydroxyl groups excluding tert-OH is 2. The maximum absolute atomic E-state index is 11.4. The lowest BCUT2D eigenvalue weighted by Gasteiger charge is -2.64. The summed E-state index contributed by atoms with van der Waals surface area (Å²) in [5, 5.41) is 31.1. The number of carboxylic acid groups (broad SMARTS) is 1.